The Bertz CT molecular complexity index is 460. The van der Waals surface area contributed by atoms with Gasteiger partial charge in [-0.25, -0.2) is 0 Å². The standard InChI is InChI=1S/C15H24N4O2.HI/c1-16-15(17-10-13-3-7-21-12-13)19-4-2-14(11-19)18-5-8-20-9-6-18;/h3,7,12,14H,2,4-6,8-11H2,1H3,(H,16,17);1H. The molecule has 2 aliphatic rings. The van der Waals surface area contributed by atoms with E-state index in [1.165, 1.54) is 6.42 Å². The maximum Gasteiger partial charge on any atom is 0.193 e. The van der Waals surface area contributed by atoms with Gasteiger partial charge in [-0.3, -0.25) is 9.89 Å². The molecule has 1 aromatic rings. The predicted octanol–water partition coefficient (Wildman–Crippen LogP) is 1.38. The molecule has 0 saturated carbocycles. The van der Waals surface area contributed by atoms with E-state index in [9.17, 15) is 0 Å². The van der Waals surface area contributed by atoms with Gasteiger partial charge in [0, 0.05) is 51.4 Å². The fraction of sp³-hybridized carbons (Fsp3) is 0.667. The number of ether oxygens (including phenoxy) is 1. The van der Waals surface area contributed by atoms with Gasteiger partial charge in [-0.2, -0.15) is 0 Å². The first-order valence-electron chi connectivity index (χ1n) is 7.65. The summed E-state index contributed by atoms with van der Waals surface area (Å²) < 4.78 is 10.5. The zero-order chi connectivity index (χ0) is 14.5. The monoisotopic (exact) mass is 420 g/mol. The molecule has 1 aromatic heterocycles. The largest absolute Gasteiger partial charge is 0.472 e. The molecule has 6 nitrogen and oxygen atoms in total. The van der Waals surface area contributed by atoms with Crippen molar-refractivity contribution in [2.75, 3.05) is 46.4 Å². The van der Waals surface area contributed by atoms with E-state index in [0.717, 1.165) is 57.5 Å². The van der Waals surface area contributed by atoms with Crippen LogP contribution in [0.15, 0.2) is 28.0 Å². The van der Waals surface area contributed by atoms with Crippen molar-refractivity contribution in [2.24, 2.45) is 4.99 Å². The number of hydrogen-bond donors (Lipinski definition) is 1. The molecule has 0 bridgehead atoms. The Hall–Kier alpha value is -0.800. The quantitative estimate of drug-likeness (QED) is 0.455. The maximum absolute atomic E-state index is 5.43. The summed E-state index contributed by atoms with van der Waals surface area (Å²) in [6.45, 7) is 6.70. The lowest BCUT2D eigenvalue weighted by Gasteiger charge is -2.32. The summed E-state index contributed by atoms with van der Waals surface area (Å²) in [4.78, 5) is 9.30. The van der Waals surface area contributed by atoms with Crippen LogP contribution >= 0.6 is 24.0 Å². The Balaban J connectivity index is 0.00000176. The number of guanidine groups is 1. The number of nitrogens with zero attached hydrogens (tertiary/aromatic N) is 3. The average Bonchev–Trinajstić information content (AvgIpc) is 3.20. The summed E-state index contributed by atoms with van der Waals surface area (Å²) >= 11 is 0. The van der Waals surface area contributed by atoms with E-state index in [0.29, 0.717) is 6.04 Å². The average molecular weight is 420 g/mol. The molecule has 0 aliphatic carbocycles. The van der Waals surface area contributed by atoms with Crippen LogP contribution in [-0.2, 0) is 11.3 Å². The second-order valence-electron chi connectivity index (χ2n) is 5.57. The van der Waals surface area contributed by atoms with Crippen LogP contribution in [0.1, 0.15) is 12.0 Å². The van der Waals surface area contributed by atoms with Gasteiger partial charge < -0.3 is 19.4 Å². The summed E-state index contributed by atoms with van der Waals surface area (Å²) in [5.74, 6) is 0.979. The van der Waals surface area contributed by atoms with E-state index in [4.69, 9.17) is 9.15 Å². The number of halogens is 1. The third-order valence-corrected chi connectivity index (χ3v) is 4.27. The lowest BCUT2D eigenvalue weighted by atomic mass is 10.2. The van der Waals surface area contributed by atoms with Crippen molar-refractivity contribution in [1.29, 1.82) is 0 Å². The Morgan fingerprint density at radius 2 is 2.18 bits per heavy atom. The van der Waals surface area contributed by atoms with Gasteiger partial charge in [0.05, 0.1) is 25.7 Å². The van der Waals surface area contributed by atoms with Crippen LogP contribution in [0.25, 0.3) is 0 Å². The number of morpholine rings is 1. The molecule has 3 rings (SSSR count). The molecule has 2 fully saturated rings. The van der Waals surface area contributed by atoms with E-state index in [1.54, 1.807) is 12.5 Å². The molecule has 22 heavy (non-hydrogen) atoms. The number of aliphatic imine (C=N–C) groups is 1. The summed E-state index contributed by atoms with van der Waals surface area (Å²) in [6.07, 6.45) is 4.66. The Morgan fingerprint density at radius 3 is 2.86 bits per heavy atom. The van der Waals surface area contributed by atoms with E-state index < -0.39 is 0 Å². The second kappa shape index (κ2) is 8.73. The number of likely N-dealkylation sites (tertiary alicyclic amines) is 1. The van der Waals surface area contributed by atoms with Crippen LogP contribution in [-0.4, -0.2) is 68.2 Å². The molecule has 7 heteroatoms. The van der Waals surface area contributed by atoms with Crippen molar-refractivity contribution >= 4 is 29.9 Å². The third-order valence-electron chi connectivity index (χ3n) is 4.27. The molecule has 0 aromatic carbocycles. The fourth-order valence-electron chi connectivity index (χ4n) is 3.08. The number of furan rings is 1. The molecule has 124 valence electrons. The highest BCUT2D eigenvalue weighted by Crippen LogP contribution is 2.17. The molecular weight excluding hydrogens is 395 g/mol. The molecule has 1 unspecified atom stereocenters. The van der Waals surface area contributed by atoms with Gasteiger partial charge in [-0.1, -0.05) is 0 Å². The molecule has 1 N–H and O–H groups in total. The zero-order valence-electron chi connectivity index (χ0n) is 13.0. The minimum atomic E-state index is 0. The smallest absolute Gasteiger partial charge is 0.193 e. The molecule has 3 heterocycles. The molecule has 2 aliphatic heterocycles. The van der Waals surface area contributed by atoms with Crippen LogP contribution in [0.4, 0.5) is 0 Å². The van der Waals surface area contributed by atoms with Crippen molar-refractivity contribution in [3.8, 4) is 0 Å². The van der Waals surface area contributed by atoms with Crippen LogP contribution < -0.4 is 5.32 Å². The van der Waals surface area contributed by atoms with Crippen LogP contribution in [0.2, 0.25) is 0 Å². The summed E-state index contributed by atoms with van der Waals surface area (Å²) in [7, 11) is 1.85. The highest BCUT2D eigenvalue weighted by atomic mass is 127. The molecular formula is C15H25IN4O2. The van der Waals surface area contributed by atoms with Crippen LogP contribution in [0.5, 0.6) is 0 Å². The van der Waals surface area contributed by atoms with E-state index in [-0.39, 0.29) is 24.0 Å². The van der Waals surface area contributed by atoms with Crippen LogP contribution in [0, 0.1) is 0 Å². The van der Waals surface area contributed by atoms with Gasteiger partial charge in [0.15, 0.2) is 5.96 Å². The Kier molecular flexibility index (Phi) is 6.97. The van der Waals surface area contributed by atoms with E-state index in [2.05, 4.69) is 20.1 Å². The van der Waals surface area contributed by atoms with Crippen molar-refractivity contribution < 1.29 is 9.15 Å². The lowest BCUT2D eigenvalue weighted by Crippen LogP contribution is -2.46. The minimum Gasteiger partial charge on any atom is -0.472 e. The van der Waals surface area contributed by atoms with Crippen molar-refractivity contribution in [3.05, 3.63) is 24.2 Å². The number of rotatable bonds is 3. The molecule has 1 atom stereocenters. The Morgan fingerprint density at radius 1 is 1.36 bits per heavy atom. The van der Waals surface area contributed by atoms with Crippen molar-refractivity contribution in [1.82, 2.24) is 15.1 Å². The zero-order valence-corrected chi connectivity index (χ0v) is 15.4. The normalized spacial score (nSPS) is 23.4. The highest BCUT2D eigenvalue weighted by molar-refractivity contribution is 14.0. The van der Waals surface area contributed by atoms with Gasteiger partial charge in [0.1, 0.15) is 0 Å². The van der Waals surface area contributed by atoms with E-state index in [1.807, 2.05) is 13.1 Å². The van der Waals surface area contributed by atoms with Gasteiger partial charge in [-0.05, 0) is 12.5 Å². The summed E-state index contributed by atoms with van der Waals surface area (Å²) in [5.41, 5.74) is 1.14. The molecule has 0 amide bonds. The fourth-order valence-corrected chi connectivity index (χ4v) is 3.08. The molecule has 0 radical (unpaired) electrons. The summed E-state index contributed by atoms with van der Waals surface area (Å²) in [5, 5.41) is 3.41. The third kappa shape index (κ3) is 4.36. The maximum atomic E-state index is 5.43. The first-order chi connectivity index (χ1) is 10.4. The summed E-state index contributed by atoms with van der Waals surface area (Å²) in [6, 6.07) is 2.60. The van der Waals surface area contributed by atoms with Gasteiger partial charge in [0.2, 0.25) is 0 Å². The molecule has 2 saturated heterocycles. The van der Waals surface area contributed by atoms with Crippen molar-refractivity contribution in [2.45, 2.75) is 19.0 Å². The van der Waals surface area contributed by atoms with Gasteiger partial charge in [0.25, 0.3) is 0 Å². The van der Waals surface area contributed by atoms with Gasteiger partial charge in [-0.15, -0.1) is 24.0 Å². The van der Waals surface area contributed by atoms with Crippen LogP contribution in [0.3, 0.4) is 0 Å². The first kappa shape index (κ1) is 17.6. The number of nitrogens with one attached hydrogen (secondary N) is 1. The SMILES string of the molecule is CN=C(NCc1ccoc1)N1CCC(N2CCOCC2)C1.I. The lowest BCUT2D eigenvalue weighted by molar-refractivity contribution is 0.0195. The first-order valence-corrected chi connectivity index (χ1v) is 7.65. The second-order valence-corrected chi connectivity index (χ2v) is 5.57. The Labute approximate surface area is 148 Å². The minimum absolute atomic E-state index is 0. The van der Waals surface area contributed by atoms with Gasteiger partial charge >= 0.3 is 0 Å². The van der Waals surface area contributed by atoms with Crippen molar-refractivity contribution in [3.63, 3.8) is 0 Å². The highest BCUT2D eigenvalue weighted by Gasteiger charge is 2.30. The predicted molar refractivity (Wildman–Crippen MR) is 96.7 cm³/mol. The van der Waals surface area contributed by atoms with E-state index >= 15 is 0 Å². The number of hydrogen-bond acceptors (Lipinski definition) is 4. The topological polar surface area (TPSA) is 53.2 Å². The molecule has 0 spiro atoms.